The molecular weight excluding hydrogens is 427 g/mol. The van der Waals surface area contributed by atoms with E-state index in [1.807, 2.05) is 14.0 Å². The van der Waals surface area contributed by atoms with Crippen LogP contribution in [0.15, 0.2) is 23.2 Å². The minimum Gasteiger partial charge on any atom is -0.494 e. The first-order chi connectivity index (χ1) is 11.7. The minimum atomic E-state index is 0. The van der Waals surface area contributed by atoms with Crippen molar-refractivity contribution in [3.63, 3.8) is 0 Å². The molecule has 0 unspecified atom stereocenters. The number of benzene rings is 1. The summed E-state index contributed by atoms with van der Waals surface area (Å²) in [7, 11) is 1.81. The van der Waals surface area contributed by atoms with Gasteiger partial charge in [0.15, 0.2) is 5.96 Å². The fraction of sp³-hybridized carbons (Fsp3) is 0.632. The molecule has 1 aromatic rings. The average molecular weight is 460 g/mol. The first kappa shape index (κ1) is 22.0. The number of rotatable bonds is 9. The lowest BCUT2D eigenvalue weighted by atomic mass is 10.1. The zero-order chi connectivity index (χ0) is 17.4. The summed E-state index contributed by atoms with van der Waals surface area (Å²) in [6.07, 6.45) is 2.71. The minimum absolute atomic E-state index is 0. The van der Waals surface area contributed by atoms with Crippen molar-refractivity contribution in [3.05, 3.63) is 29.3 Å². The van der Waals surface area contributed by atoms with Gasteiger partial charge in [0.2, 0.25) is 0 Å². The number of guanidine groups is 1. The van der Waals surface area contributed by atoms with Gasteiger partial charge in [-0.2, -0.15) is 0 Å². The summed E-state index contributed by atoms with van der Waals surface area (Å²) in [5.41, 5.74) is 2.36. The fourth-order valence-electron chi connectivity index (χ4n) is 2.85. The number of aryl methyl sites for hydroxylation is 1. The molecule has 5 nitrogen and oxygen atoms in total. The van der Waals surface area contributed by atoms with Crippen molar-refractivity contribution in [2.75, 3.05) is 33.3 Å². The zero-order valence-electron chi connectivity index (χ0n) is 16.0. The van der Waals surface area contributed by atoms with Crippen molar-refractivity contribution >= 4 is 29.9 Å². The number of likely N-dealkylation sites (N-methyl/N-ethyl adjacent to an activating group) is 1. The maximum atomic E-state index is 5.74. The van der Waals surface area contributed by atoms with Crippen molar-refractivity contribution in [1.29, 1.82) is 0 Å². The van der Waals surface area contributed by atoms with E-state index in [2.05, 4.69) is 52.6 Å². The summed E-state index contributed by atoms with van der Waals surface area (Å²) in [5.74, 6) is 1.79. The lowest BCUT2D eigenvalue weighted by Crippen LogP contribution is -2.41. The summed E-state index contributed by atoms with van der Waals surface area (Å²) in [6, 6.07) is 7.13. The van der Waals surface area contributed by atoms with Crippen LogP contribution in [0.4, 0.5) is 0 Å². The van der Waals surface area contributed by atoms with Crippen molar-refractivity contribution in [2.45, 2.75) is 46.2 Å². The largest absolute Gasteiger partial charge is 0.494 e. The van der Waals surface area contributed by atoms with Gasteiger partial charge in [-0.25, -0.2) is 0 Å². The predicted molar refractivity (Wildman–Crippen MR) is 116 cm³/mol. The van der Waals surface area contributed by atoms with E-state index in [0.717, 1.165) is 42.9 Å². The second kappa shape index (κ2) is 11.6. The van der Waals surface area contributed by atoms with E-state index in [-0.39, 0.29) is 24.0 Å². The molecule has 0 saturated heterocycles. The van der Waals surface area contributed by atoms with Gasteiger partial charge in [0.1, 0.15) is 5.75 Å². The number of aliphatic imine (C=N–C) groups is 1. The molecule has 1 saturated carbocycles. The molecule has 0 atom stereocenters. The Morgan fingerprint density at radius 3 is 2.64 bits per heavy atom. The van der Waals surface area contributed by atoms with Gasteiger partial charge in [-0.1, -0.05) is 19.1 Å². The van der Waals surface area contributed by atoms with Crippen molar-refractivity contribution in [3.8, 4) is 5.75 Å². The molecule has 1 fully saturated rings. The third-order valence-corrected chi connectivity index (χ3v) is 4.35. The van der Waals surface area contributed by atoms with E-state index in [1.165, 1.54) is 18.4 Å². The number of nitrogens with zero attached hydrogens (tertiary/aromatic N) is 2. The van der Waals surface area contributed by atoms with Gasteiger partial charge >= 0.3 is 0 Å². The number of halogens is 1. The molecule has 1 aliphatic carbocycles. The molecule has 0 amide bonds. The summed E-state index contributed by atoms with van der Waals surface area (Å²) in [5, 5.41) is 6.79. The van der Waals surface area contributed by atoms with E-state index >= 15 is 0 Å². The highest BCUT2D eigenvalue weighted by Gasteiger charge is 2.27. The Hall–Kier alpha value is -1.02. The topological polar surface area (TPSA) is 48.9 Å². The van der Waals surface area contributed by atoms with Gasteiger partial charge in [0, 0.05) is 38.3 Å². The highest BCUT2D eigenvalue weighted by molar-refractivity contribution is 14.0. The molecule has 1 aromatic carbocycles. The number of nitrogens with one attached hydrogen (secondary N) is 2. The van der Waals surface area contributed by atoms with Gasteiger partial charge in [0.05, 0.1) is 6.61 Å². The van der Waals surface area contributed by atoms with E-state index in [4.69, 9.17) is 4.74 Å². The third-order valence-electron chi connectivity index (χ3n) is 4.35. The van der Waals surface area contributed by atoms with Crippen LogP contribution in [0.2, 0.25) is 0 Å². The lowest BCUT2D eigenvalue weighted by Gasteiger charge is -2.21. The molecule has 0 spiro atoms. The van der Waals surface area contributed by atoms with E-state index < -0.39 is 0 Å². The Labute approximate surface area is 169 Å². The van der Waals surface area contributed by atoms with Crippen molar-refractivity contribution in [1.82, 2.24) is 15.5 Å². The van der Waals surface area contributed by atoms with Gasteiger partial charge in [-0.3, -0.25) is 9.89 Å². The first-order valence-electron chi connectivity index (χ1n) is 9.08. The van der Waals surface area contributed by atoms with Crippen LogP contribution in [0.5, 0.6) is 5.75 Å². The standard InChI is InChI=1S/C19H32N4O.HI/c1-5-23(17-9-10-17)12-11-21-19(20-4)22-14-16-8-7-15(3)13-18(16)24-6-2;/h7-8,13,17H,5-6,9-12,14H2,1-4H3,(H2,20,21,22);1H. The van der Waals surface area contributed by atoms with E-state index in [0.29, 0.717) is 13.2 Å². The summed E-state index contributed by atoms with van der Waals surface area (Å²) >= 11 is 0. The van der Waals surface area contributed by atoms with Gasteiger partial charge in [-0.15, -0.1) is 24.0 Å². The molecular formula is C19H33IN4O. The van der Waals surface area contributed by atoms with Gasteiger partial charge in [-0.05, 0) is 44.9 Å². The van der Waals surface area contributed by atoms with Crippen LogP contribution in [-0.4, -0.2) is 50.2 Å². The smallest absolute Gasteiger partial charge is 0.191 e. The van der Waals surface area contributed by atoms with E-state index in [1.54, 1.807) is 0 Å². The Kier molecular flexibility index (Phi) is 10.2. The fourth-order valence-corrected chi connectivity index (χ4v) is 2.85. The molecule has 0 heterocycles. The Bertz CT molecular complexity index is 546. The van der Waals surface area contributed by atoms with Crippen molar-refractivity contribution in [2.24, 2.45) is 4.99 Å². The molecule has 0 bridgehead atoms. The lowest BCUT2D eigenvalue weighted by molar-refractivity contribution is 0.282. The Balaban J connectivity index is 0.00000312. The maximum absolute atomic E-state index is 5.74. The Morgan fingerprint density at radius 2 is 2.04 bits per heavy atom. The number of ether oxygens (including phenoxy) is 1. The molecule has 25 heavy (non-hydrogen) atoms. The van der Waals surface area contributed by atoms with Crippen LogP contribution < -0.4 is 15.4 Å². The molecule has 2 rings (SSSR count). The van der Waals surface area contributed by atoms with Crippen molar-refractivity contribution < 1.29 is 4.74 Å². The molecule has 1 aliphatic rings. The first-order valence-corrected chi connectivity index (χ1v) is 9.08. The van der Waals surface area contributed by atoms with Crippen LogP contribution in [-0.2, 0) is 6.54 Å². The third kappa shape index (κ3) is 7.40. The van der Waals surface area contributed by atoms with Crippen LogP contribution >= 0.6 is 24.0 Å². The molecule has 0 aromatic heterocycles. The normalized spacial score (nSPS) is 14.2. The predicted octanol–water partition coefficient (Wildman–Crippen LogP) is 3.16. The van der Waals surface area contributed by atoms with Gasteiger partial charge in [0.25, 0.3) is 0 Å². The second-order valence-corrected chi connectivity index (χ2v) is 6.26. The van der Waals surface area contributed by atoms with Crippen LogP contribution in [0.3, 0.4) is 0 Å². The monoisotopic (exact) mass is 460 g/mol. The SMILES string of the molecule is CCOc1cc(C)ccc1CNC(=NC)NCCN(CC)C1CC1.I. The molecule has 2 N–H and O–H groups in total. The highest BCUT2D eigenvalue weighted by Crippen LogP contribution is 2.25. The summed E-state index contributed by atoms with van der Waals surface area (Å²) in [6.45, 7) is 10.8. The molecule has 0 radical (unpaired) electrons. The van der Waals surface area contributed by atoms with E-state index in [9.17, 15) is 0 Å². The number of hydrogen-bond acceptors (Lipinski definition) is 3. The average Bonchev–Trinajstić information content (AvgIpc) is 3.41. The van der Waals surface area contributed by atoms with Crippen LogP contribution in [0.1, 0.15) is 37.8 Å². The molecule has 6 heteroatoms. The Morgan fingerprint density at radius 1 is 1.28 bits per heavy atom. The maximum Gasteiger partial charge on any atom is 0.191 e. The highest BCUT2D eigenvalue weighted by atomic mass is 127. The second-order valence-electron chi connectivity index (χ2n) is 6.26. The quantitative estimate of drug-likeness (QED) is 0.338. The summed E-state index contributed by atoms with van der Waals surface area (Å²) in [4.78, 5) is 6.85. The zero-order valence-corrected chi connectivity index (χ0v) is 18.3. The number of hydrogen-bond donors (Lipinski definition) is 2. The van der Waals surface area contributed by atoms with Gasteiger partial charge < -0.3 is 15.4 Å². The van der Waals surface area contributed by atoms with Crippen LogP contribution in [0.25, 0.3) is 0 Å². The summed E-state index contributed by atoms with van der Waals surface area (Å²) < 4.78 is 5.74. The van der Waals surface area contributed by atoms with Crippen LogP contribution in [0, 0.1) is 6.92 Å². The molecule has 142 valence electrons. The molecule has 0 aliphatic heterocycles.